The highest BCUT2D eigenvalue weighted by atomic mass is 15.2. The molecular formula is C15H18N2. The Balaban J connectivity index is 1.78. The van der Waals surface area contributed by atoms with Crippen molar-refractivity contribution in [3.63, 3.8) is 0 Å². The predicted molar refractivity (Wildman–Crippen MR) is 71.3 cm³/mol. The van der Waals surface area contributed by atoms with Crippen LogP contribution in [0, 0.1) is 0 Å². The Morgan fingerprint density at radius 2 is 1.88 bits per heavy atom. The maximum Gasteiger partial charge on any atom is 0.0556 e. The van der Waals surface area contributed by atoms with Gasteiger partial charge in [-0.3, -0.25) is 9.89 Å². The second-order valence-electron chi connectivity index (χ2n) is 5.15. The Morgan fingerprint density at radius 1 is 1.12 bits per heavy atom. The second kappa shape index (κ2) is 4.11. The van der Waals surface area contributed by atoms with Gasteiger partial charge in [0.1, 0.15) is 0 Å². The van der Waals surface area contributed by atoms with Gasteiger partial charge in [-0.2, -0.15) is 0 Å². The molecule has 0 aliphatic carbocycles. The zero-order valence-corrected chi connectivity index (χ0v) is 10.5. The van der Waals surface area contributed by atoms with Crippen LogP contribution in [0.4, 0.5) is 0 Å². The first kappa shape index (κ1) is 10.7. The van der Waals surface area contributed by atoms with Gasteiger partial charge in [-0.15, -0.1) is 0 Å². The maximum atomic E-state index is 4.81. The van der Waals surface area contributed by atoms with E-state index in [1.165, 1.54) is 22.5 Å². The second-order valence-corrected chi connectivity index (χ2v) is 5.15. The lowest BCUT2D eigenvalue weighted by atomic mass is 10.0. The molecule has 2 nitrogen and oxygen atoms in total. The standard InChI is InChI=1S/C15H18N2/c1-11(2)17-9-13-8-14(16-15(13)10-17)12-6-4-3-5-7-12/h3-7,11H,8-10H2,1-2H3. The van der Waals surface area contributed by atoms with Gasteiger partial charge >= 0.3 is 0 Å². The van der Waals surface area contributed by atoms with E-state index < -0.39 is 0 Å². The lowest BCUT2D eigenvalue weighted by Gasteiger charge is -2.21. The molecule has 0 saturated heterocycles. The van der Waals surface area contributed by atoms with Crippen molar-refractivity contribution in [2.24, 2.45) is 4.99 Å². The topological polar surface area (TPSA) is 15.6 Å². The number of rotatable bonds is 2. The average Bonchev–Trinajstić information content (AvgIpc) is 2.87. The van der Waals surface area contributed by atoms with Gasteiger partial charge in [0.25, 0.3) is 0 Å². The highest BCUT2D eigenvalue weighted by molar-refractivity contribution is 6.04. The molecule has 0 N–H and O–H groups in total. The molecule has 0 bridgehead atoms. The molecule has 2 heterocycles. The third-order valence-corrected chi connectivity index (χ3v) is 3.64. The van der Waals surface area contributed by atoms with Crippen LogP contribution in [0.1, 0.15) is 25.8 Å². The molecular weight excluding hydrogens is 208 g/mol. The Kier molecular flexibility index (Phi) is 2.60. The van der Waals surface area contributed by atoms with E-state index in [4.69, 9.17) is 4.99 Å². The summed E-state index contributed by atoms with van der Waals surface area (Å²) >= 11 is 0. The molecule has 0 aromatic heterocycles. The van der Waals surface area contributed by atoms with Crippen molar-refractivity contribution in [3.8, 4) is 0 Å². The zero-order valence-electron chi connectivity index (χ0n) is 10.5. The van der Waals surface area contributed by atoms with Crippen LogP contribution in [-0.2, 0) is 0 Å². The summed E-state index contributed by atoms with van der Waals surface area (Å²) in [5.41, 5.74) is 5.37. The van der Waals surface area contributed by atoms with Crippen LogP contribution in [0.2, 0.25) is 0 Å². The van der Waals surface area contributed by atoms with E-state index in [0.717, 1.165) is 19.5 Å². The molecule has 3 rings (SSSR count). The Morgan fingerprint density at radius 3 is 2.53 bits per heavy atom. The Bertz CT molecular complexity index is 483. The SMILES string of the molecule is CC(C)N1CC2=C(C1)N=C(c1ccccc1)C2. The van der Waals surface area contributed by atoms with E-state index in [2.05, 4.69) is 49.1 Å². The van der Waals surface area contributed by atoms with Crippen molar-refractivity contribution >= 4 is 5.71 Å². The van der Waals surface area contributed by atoms with E-state index >= 15 is 0 Å². The van der Waals surface area contributed by atoms with Crippen molar-refractivity contribution in [3.05, 3.63) is 47.2 Å². The lowest BCUT2D eigenvalue weighted by Crippen LogP contribution is -2.29. The van der Waals surface area contributed by atoms with Gasteiger partial charge in [-0.1, -0.05) is 30.3 Å². The minimum atomic E-state index is 0.621. The number of nitrogens with zero attached hydrogens (tertiary/aromatic N) is 2. The van der Waals surface area contributed by atoms with Crippen LogP contribution in [0.25, 0.3) is 0 Å². The maximum absolute atomic E-state index is 4.81. The van der Waals surface area contributed by atoms with E-state index in [1.54, 1.807) is 0 Å². The Labute approximate surface area is 103 Å². The van der Waals surface area contributed by atoms with Crippen molar-refractivity contribution < 1.29 is 0 Å². The first-order valence-electron chi connectivity index (χ1n) is 6.32. The molecule has 0 fully saturated rings. The van der Waals surface area contributed by atoms with Crippen LogP contribution in [0.3, 0.4) is 0 Å². The lowest BCUT2D eigenvalue weighted by molar-refractivity contribution is 0.279. The molecule has 0 radical (unpaired) electrons. The Hall–Kier alpha value is -1.41. The predicted octanol–water partition coefficient (Wildman–Crippen LogP) is 2.86. The molecule has 2 aliphatic rings. The summed E-state index contributed by atoms with van der Waals surface area (Å²) in [6, 6.07) is 11.2. The molecule has 0 unspecified atom stereocenters. The van der Waals surface area contributed by atoms with E-state index in [0.29, 0.717) is 6.04 Å². The van der Waals surface area contributed by atoms with Crippen molar-refractivity contribution in [2.75, 3.05) is 13.1 Å². The summed E-state index contributed by atoms with van der Waals surface area (Å²) in [6.45, 7) is 6.64. The van der Waals surface area contributed by atoms with E-state index in [1.807, 2.05) is 0 Å². The van der Waals surface area contributed by atoms with Gasteiger partial charge in [-0.05, 0) is 25.0 Å². The molecule has 2 heteroatoms. The van der Waals surface area contributed by atoms with E-state index in [-0.39, 0.29) is 0 Å². The van der Waals surface area contributed by atoms with Crippen molar-refractivity contribution in [1.82, 2.24) is 4.90 Å². The first-order valence-corrected chi connectivity index (χ1v) is 6.32. The van der Waals surface area contributed by atoms with Crippen molar-refractivity contribution in [1.29, 1.82) is 0 Å². The molecule has 1 aromatic carbocycles. The van der Waals surface area contributed by atoms with Gasteiger partial charge < -0.3 is 0 Å². The van der Waals surface area contributed by atoms with Gasteiger partial charge in [0.2, 0.25) is 0 Å². The number of benzene rings is 1. The molecule has 1 aromatic rings. The molecule has 88 valence electrons. The monoisotopic (exact) mass is 226 g/mol. The molecule has 0 atom stereocenters. The molecule has 0 spiro atoms. The van der Waals surface area contributed by atoms with Crippen LogP contribution >= 0.6 is 0 Å². The van der Waals surface area contributed by atoms with Gasteiger partial charge in [-0.25, -0.2) is 0 Å². The molecule has 0 amide bonds. The zero-order chi connectivity index (χ0) is 11.8. The summed E-state index contributed by atoms with van der Waals surface area (Å²) < 4.78 is 0. The van der Waals surface area contributed by atoms with Gasteiger partial charge in [0.15, 0.2) is 0 Å². The fourth-order valence-electron chi connectivity index (χ4n) is 2.54. The van der Waals surface area contributed by atoms with Gasteiger partial charge in [0.05, 0.1) is 11.4 Å². The average molecular weight is 226 g/mol. The first-order chi connectivity index (χ1) is 8.24. The summed E-state index contributed by atoms with van der Waals surface area (Å²) in [7, 11) is 0. The highest BCUT2D eigenvalue weighted by Crippen LogP contribution is 2.30. The quantitative estimate of drug-likeness (QED) is 0.757. The summed E-state index contributed by atoms with van der Waals surface area (Å²) in [5.74, 6) is 0. The molecule has 2 aliphatic heterocycles. The molecule has 0 saturated carbocycles. The van der Waals surface area contributed by atoms with Crippen LogP contribution < -0.4 is 0 Å². The fraction of sp³-hybridized carbons (Fsp3) is 0.400. The third kappa shape index (κ3) is 1.93. The number of hydrogen-bond donors (Lipinski definition) is 0. The smallest absolute Gasteiger partial charge is 0.0556 e. The summed E-state index contributed by atoms with van der Waals surface area (Å²) in [6.07, 6.45) is 1.04. The van der Waals surface area contributed by atoms with Crippen LogP contribution in [0.5, 0.6) is 0 Å². The normalized spacial score (nSPS) is 20.1. The highest BCUT2D eigenvalue weighted by Gasteiger charge is 2.28. The largest absolute Gasteiger partial charge is 0.291 e. The minimum absolute atomic E-state index is 0.621. The number of hydrogen-bond acceptors (Lipinski definition) is 2. The summed E-state index contributed by atoms with van der Waals surface area (Å²) in [4.78, 5) is 7.29. The van der Waals surface area contributed by atoms with Crippen molar-refractivity contribution in [2.45, 2.75) is 26.3 Å². The number of aliphatic imine (C=N–C) groups is 1. The minimum Gasteiger partial charge on any atom is -0.291 e. The van der Waals surface area contributed by atoms with Gasteiger partial charge in [0, 0.05) is 25.6 Å². The van der Waals surface area contributed by atoms with E-state index in [9.17, 15) is 0 Å². The molecule has 17 heavy (non-hydrogen) atoms. The fourth-order valence-corrected chi connectivity index (χ4v) is 2.54. The summed E-state index contributed by atoms with van der Waals surface area (Å²) in [5, 5.41) is 0. The van der Waals surface area contributed by atoms with Crippen LogP contribution in [0.15, 0.2) is 46.6 Å². The third-order valence-electron chi connectivity index (χ3n) is 3.64. The van der Waals surface area contributed by atoms with Crippen LogP contribution in [-0.4, -0.2) is 29.7 Å².